The highest BCUT2D eigenvalue weighted by Crippen LogP contribution is 2.23. The van der Waals surface area contributed by atoms with Crippen LogP contribution in [0.3, 0.4) is 0 Å². The molecule has 3 rings (SSSR count). The number of fused-ring (bicyclic) bond motifs is 1. The first-order valence-electron chi connectivity index (χ1n) is 7.66. The monoisotopic (exact) mass is 367 g/mol. The molecule has 10 heteroatoms. The topological polar surface area (TPSA) is 140 Å². The highest BCUT2D eigenvalue weighted by atomic mass is 16.6. The van der Waals surface area contributed by atoms with Gasteiger partial charge in [0.1, 0.15) is 5.69 Å². The maximum absolute atomic E-state index is 12.3. The summed E-state index contributed by atoms with van der Waals surface area (Å²) in [6, 6.07) is 12.5. The molecule has 27 heavy (non-hydrogen) atoms. The zero-order valence-corrected chi connectivity index (χ0v) is 14.0. The van der Waals surface area contributed by atoms with Gasteiger partial charge in [0.25, 0.3) is 11.2 Å². The third-order valence-electron chi connectivity index (χ3n) is 3.59. The molecular weight excluding hydrogens is 354 g/mol. The van der Waals surface area contributed by atoms with Gasteiger partial charge in [0.2, 0.25) is 0 Å². The first kappa shape index (κ1) is 17.7. The van der Waals surface area contributed by atoms with E-state index in [-0.39, 0.29) is 17.1 Å². The minimum atomic E-state index is -0.922. The number of rotatable bonds is 5. The minimum Gasteiger partial charge on any atom is -0.464 e. The van der Waals surface area contributed by atoms with Crippen molar-refractivity contribution in [1.82, 2.24) is 9.97 Å². The molecule has 136 valence electrons. The van der Waals surface area contributed by atoms with Gasteiger partial charge in [-0.1, -0.05) is 24.3 Å². The van der Waals surface area contributed by atoms with Crippen molar-refractivity contribution in [2.24, 2.45) is 5.10 Å². The van der Waals surface area contributed by atoms with Gasteiger partial charge in [0.15, 0.2) is 11.4 Å². The summed E-state index contributed by atoms with van der Waals surface area (Å²) in [5.41, 5.74) is 1.83. The average molecular weight is 367 g/mol. The molecule has 0 spiro atoms. The van der Waals surface area contributed by atoms with Crippen molar-refractivity contribution in [2.75, 3.05) is 12.5 Å². The number of nitrogens with zero attached hydrogens (tertiary/aromatic N) is 3. The van der Waals surface area contributed by atoms with Crippen LogP contribution in [0.2, 0.25) is 0 Å². The number of hydrazone groups is 1. The van der Waals surface area contributed by atoms with Crippen LogP contribution in [0.1, 0.15) is 5.69 Å². The molecule has 0 aliphatic rings. The van der Waals surface area contributed by atoms with Crippen molar-refractivity contribution < 1.29 is 14.5 Å². The standard InChI is InChI=1S/C17H13N5O5/c1-27-17(24)15(21-20-12-8-4-5-9-13(12)22(25)26)14-16(23)19-11-7-3-2-6-10(11)18-14/h2-9,20H,1H3,(H,19,23)/b21-15-. The number of benzene rings is 2. The van der Waals surface area contributed by atoms with Crippen LogP contribution in [0.15, 0.2) is 58.4 Å². The molecule has 10 nitrogen and oxygen atoms in total. The smallest absolute Gasteiger partial charge is 0.360 e. The number of nitro groups is 1. The number of carbonyl (C=O) groups excluding carboxylic acids is 1. The summed E-state index contributed by atoms with van der Waals surface area (Å²) in [6.07, 6.45) is 0. The number of anilines is 1. The number of aromatic amines is 1. The van der Waals surface area contributed by atoms with Crippen molar-refractivity contribution in [3.8, 4) is 0 Å². The van der Waals surface area contributed by atoms with E-state index in [4.69, 9.17) is 0 Å². The normalized spacial score (nSPS) is 11.2. The number of nitrogens with one attached hydrogen (secondary N) is 2. The molecule has 0 aliphatic heterocycles. The highest BCUT2D eigenvalue weighted by Gasteiger charge is 2.22. The van der Waals surface area contributed by atoms with E-state index in [1.165, 1.54) is 18.2 Å². The summed E-state index contributed by atoms with van der Waals surface area (Å²) in [6.45, 7) is 0. The van der Waals surface area contributed by atoms with Crippen LogP contribution in [0.4, 0.5) is 11.4 Å². The molecule has 0 unspecified atom stereocenters. The summed E-state index contributed by atoms with van der Waals surface area (Å²) in [7, 11) is 1.12. The summed E-state index contributed by atoms with van der Waals surface area (Å²) in [5.74, 6) is -0.922. The molecule has 1 heterocycles. The summed E-state index contributed by atoms with van der Waals surface area (Å²) in [4.78, 5) is 41.7. The number of ether oxygens (including phenoxy) is 1. The third kappa shape index (κ3) is 3.63. The van der Waals surface area contributed by atoms with Gasteiger partial charge in [0, 0.05) is 6.07 Å². The Morgan fingerprint density at radius 3 is 2.67 bits per heavy atom. The van der Waals surface area contributed by atoms with Gasteiger partial charge in [-0.05, 0) is 18.2 Å². The predicted molar refractivity (Wildman–Crippen MR) is 97.6 cm³/mol. The number of carbonyl (C=O) groups is 1. The molecule has 0 radical (unpaired) electrons. The quantitative estimate of drug-likeness (QED) is 0.303. The fourth-order valence-corrected chi connectivity index (χ4v) is 2.33. The molecule has 0 atom stereocenters. The number of H-pyrrole nitrogens is 1. The Morgan fingerprint density at radius 2 is 1.93 bits per heavy atom. The van der Waals surface area contributed by atoms with Crippen molar-refractivity contribution in [3.05, 3.63) is 74.7 Å². The Morgan fingerprint density at radius 1 is 1.22 bits per heavy atom. The number of nitro benzene ring substituents is 1. The number of para-hydroxylation sites is 4. The SMILES string of the molecule is COC(=O)/C(=N\Nc1ccccc1[N+](=O)[O-])c1nc2ccccc2[nH]c1=O. The van der Waals surface area contributed by atoms with Gasteiger partial charge >= 0.3 is 5.97 Å². The maximum Gasteiger partial charge on any atom is 0.360 e. The van der Waals surface area contributed by atoms with E-state index < -0.39 is 22.2 Å². The number of hydrogen-bond donors (Lipinski definition) is 2. The van der Waals surface area contributed by atoms with Crippen molar-refractivity contribution in [1.29, 1.82) is 0 Å². The number of esters is 1. The van der Waals surface area contributed by atoms with E-state index in [0.29, 0.717) is 11.0 Å². The van der Waals surface area contributed by atoms with Gasteiger partial charge in [-0.25, -0.2) is 9.78 Å². The zero-order valence-electron chi connectivity index (χ0n) is 14.0. The zero-order chi connectivity index (χ0) is 19.4. The first-order chi connectivity index (χ1) is 13.0. The Kier molecular flexibility index (Phi) is 4.88. The Hall–Kier alpha value is -4.08. The van der Waals surface area contributed by atoms with Gasteiger partial charge in [0.05, 0.1) is 23.1 Å². The lowest BCUT2D eigenvalue weighted by Crippen LogP contribution is -2.28. The first-order valence-corrected chi connectivity index (χ1v) is 7.66. The summed E-state index contributed by atoms with van der Waals surface area (Å²) >= 11 is 0. The van der Waals surface area contributed by atoms with Crippen molar-refractivity contribution in [2.45, 2.75) is 0 Å². The molecule has 1 aromatic heterocycles. The Labute approximate surface area is 151 Å². The minimum absolute atomic E-state index is 0.0427. The number of hydrogen-bond acceptors (Lipinski definition) is 8. The maximum atomic E-state index is 12.3. The van der Waals surface area contributed by atoms with E-state index in [2.05, 4.69) is 25.2 Å². The van der Waals surface area contributed by atoms with Crippen LogP contribution in [-0.4, -0.2) is 33.7 Å². The Bertz CT molecular complexity index is 1120. The summed E-state index contributed by atoms with van der Waals surface area (Å²) < 4.78 is 4.66. The van der Waals surface area contributed by atoms with E-state index in [1.807, 2.05) is 0 Å². The van der Waals surface area contributed by atoms with Gasteiger partial charge in [-0.15, -0.1) is 0 Å². The largest absolute Gasteiger partial charge is 0.464 e. The Balaban J connectivity index is 2.09. The molecule has 0 fully saturated rings. The second kappa shape index (κ2) is 7.44. The lowest BCUT2D eigenvalue weighted by Gasteiger charge is -2.06. The number of methoxy groups -OCH3 is 1. The molecule has 0 saturated carbocycles. The van der Waals surface area contributed by atoms with Crippen LogP contribution in [0.5, 0.6) is 0 Å². The van der Waals surface area contributed by atoms with E-state index in [0.717, 1.165) is 7.11 Å². The van der Waals surface area contributed by atoms with E-state index in [1.54, 1.807) is 30.3 Å². The van der Waals surface area contributed by atoms with Crippen LogP contribution in [0.25, 0.3) is 11.0 Å². The van der Waals surface area contributed by atoms with Crippen molar-refractivity contribution in [3.63, 3.8) is 0 Å². The van der Waals surface area contributed by atoms with Crippen molar-refractivity contribution >= 4 is 34.1 Å². The molecule has 2 N–H and O–H groups in total. The molecular formula is C17H13N5O5. The lowest BCUT2D eigenvalue weighted by molar-refractivity contribution is -0.384. The molecule has 0 saturated heterocycles. The lowest BCUT2D eigenvalue weighted by atomic mass is 10.2. The van der Waals surface area contributed by atoms with Crippen LogP contribution < -0.4 is 11.0 Å². The van der Waals surface area contributed by atoms with Gasteiger partial charge in [-0.2, -0.15) is 5.10 Å². The van der Waals surface area contributed by atoms with Gasteiger partial charge in [-0.3, -0.25) is 20.3 Å². The fourth-order valence-electron chi connectivity index (χ4n) is 2.33. The molecule has 2 aromatic carbocycles. The summed E-state index contributed by atoms with van der Waals surface area (Å²) in [5, 5.41) is 14.9. The van der Waals surface area contributed by atoms with Crippen LogP contribution in [0, 0.1) is 10.1 Å². The van der Waals surface area contributed by atoms with E-state index >= 15 is 0 Å². The molecule has 0 aliphatic carbocycles. The molecule has 0 bridgehead atoms. The average Bonchev–Trinajstić information content (AvgIpc) is 2.68. The van der Waals surface area contributed by atoms with E-state index in [9.17, 15) is 19.7 Å². The molecule has 3 aromatic rings. The third-order valence-corrected chi connectivity index (χ3v) is 3.59. The predicted octanol–water partition coefficient (Wildman–Crippen LogP) is 1.82. The van der Waals surface area contributed by atoms with Gasteiger partial charge < -0.3 is 9.72 Å². The highest BCUT2D eigenvalue weighted by molar-refractivity contribution is 6.42. The second-order valence-corrected chi connectivity index (χ2v) is 5.27. The number of aromatic nitrogens is 2. The van der Waals surface area contributed by atoms with Crippen LogP contribution in [-0.2, 0) is 9.53 Å². The second-order valence-electron chi connectivity index (χ2n) is 5.27. The fraction of sp³-hybridized carbons (Fsp3) is 0.0588. The molecule has 0 amide bonds. The van der Waals surface area contributed by atoms with Crippen LogP contribution >= 0.6 is 0 Å².